The van der Waals surface area contributed by atoms with E-state index in [4.69, 9.17) is 16.3 Å². The van der Waals surface area contributed by atoms with Crippen LogP contribution in [0, 0.1) is 0 Å². The van der Waals surface area contributed by atoms with Crippen molar-refractivity contribution in [3.05, 3.63) is 17.5 Å². The second kappa shape index (κ2) is 6.17. The van der Waals surface area contributed by atoms with Crippen molar-refractivity contribution in [1.29, 1.82) is 0 Å². The van der Waals surface area contributed by atoms with Gasteiger partial charge in [0.2, 0.25) is 0 Å². The van der Waals surface area contributed by atoms with E-state index in [-0.39, 0.29) is 0 Å². The summed E-state index contributed by atoms with van der Waals surface area (Å²) in [7, 11) is 0. The number of piperidine rings is 1. The van der Waals surface area contributed by atoms with Gasteiger partial charge in [-0.25, -0.2) is 9.97 Å². The highest BCUT2D eigenvalue weighted by molar-refractivity contribution is 6.31. The zero-order valence-electron chi connectivity index (χ0n) is 10.1. The Morgan fingerprint density at radius 1 is 1.41 bits per heavy atom. The average molecular weight is 256 g/mol. The van der Waals surface area contributed by atoms with E-state index in [1.165, 1.54) is 12.8 Å². The summed E-state index contributed by atoms with van der Waals surface area (Å²) >= 11 is 6.10. The Morgan fingerprint density at radius 3 is 3.00 bits per heavy atom. The van der Waals surface area contributed by atoms with Gasteiger partial charge in [0.1, 0.15) is 0 Å². The minimum atomic E-state index is 0.373. The molecule has 0 spiro atoms. The number of nitrogens with zero attached hydrogens (tertiary/aromatic N) is 3. The Hall–Kier alpha value is -0.870. The third-order valence-electron chi connectivity index (χ3n) is 3.05. The van der Waals surface area contributed by atoms with Crippen molar-refractivity contribution in [3.63, 3.8) is 0 Å². The third-order valence-corrected chi connectivity index (χ3v) is 3.32. The summed E-state index contributed by atoms with van der Waals surface area (Å²) in [5.74, 6) is 0.790. The highest BCUT2D eigenvalue weighted by Crippen LogP contribution is 2.27. The highest BCUT2D eigenvalue weighted by Gasteiger charge is 2.25. The Labute approximate surface area is 107 Å². The summed E-state index contributed by atoms with van der Waals surface area (Å²) in [6.45, 7) is 4.49. The lowest BCUT2D eigenvalue weighted by Gasteiger charge is -2.36. The molecule has 0 amide bonds. The van der Waals surface area contributed by atoms with E-state index in [0.717, 1.165) is 32.0 Å². The first-order valence-corrected chi connectivity index (χ1v) is 6.51. The molecule has 0 radical (unpaired) electrons. The molecule has 4 nitrogen and oxygen atoms in total. The molecule has 1 atom stereocenters. The molecule has 94 valence electrons. The maximum atomic E-state index is 6.10. The van der Waals surface area contributed by atoms with Gasteiger partial charge in [-0.05, 0) is 26.2 Å². The molecule has 2 heterocycles. The second-order valence-electron chi connectivity index (χ2n) is 4.17. The van der Waals surface area contributed by atoms with Crippen LogP contribution >= 0.6 is 11.6 Å². The van der Waals surface area contributed by atoms with Crippen LogP contribution in [0.3, 0.4) is 0 Å². The Morgan fingerprint density at radius 2 is 2.24 bits per heavy atom. The van der Waals surface area contributed by atoms with Crippen molar-refractivity contribution in [1.82, 2.24) is 9.97 Å². The lowest BCUT2D eigenvalue weighted by Crippen LogP contribution is -2.43. The summed E-state index contributed by atoms with van der Waals surface area (Å²) in [5.41, 5.74) is 0. The molecular weight excluding hydrogens is 238 g/mol. The van der Waals surface area contributed by atoms with Gasteiger partial charge < -0.3 is 9.64 Å². The van der Waals surface area contributed by atoms with E-state index >= 15 is 0 Å². The van der Waals surface area contributed by atoms with Crippen LogP contribution in [-0.2, 0) is 4.74 Å². The number of rotatable bonds is 4. The quantitative estimate of drug-likeness (QED) is 0.829. The molecule has 1 aromatic rings. The predicted molar refractivity (Wildman–Crippen MR) is 68.5 cm³/mol. The fraction of sp³-hybridized carbons (Fsp3) is 0.667. The number of hydrogen-bond donors (Lipinski definition) is 0. The molecule has 0 saturated carbocycles. The monoisotopic (exact) mass is 255 g/mol. The molecule has 0 unspecified atom stereocenters. The Balaban J connectivity index is 2.13. The molecule has 1 aliphatic heterocycles. The lowest BCUT2D eigenvalue weighted by atomic mass is 10.0. The van der Waals surface area contributed by atoms with Gasteiger partial charge in [-0.15, -0.1) is 0 Å². The fourth-order valence-corrected chi connectivity index (χ4v) is 2.43. The average Bonchev–Trinajstić information content (AvgIpc) is 2.37. The Kier molecular flexibility index (Phi) is 4.57. The number of anilines is 1. The van der Waals surface area contributed by atoms with Crippen molar-refractivity contribution in [2.45, 2.75) is 32.2 Å². The Bertz CT molecular complexity index is 361. The smallest absolute Gasteiger partial charge is 0.171 e. The van der Waals surface area contributed by atoms with E-state index < -0.39 is 0 Å². The number of aromatic nitrogens is 2. The molecule has 5 heteroatoms. The van der Waals surface area contributed by atoms with Crippen LogP contribution in [-0.4, -0.2) is 35.8 Å². The summed E-state index contributed by atoms with van der Waals surface area (Å²) in [6, 6.07) is 0.373. The van der Waals surface area contributed by atoms with Crippen LogP contribution in [0.5, 0.6) is 0 Å². The lowest BCUT2D eigenvalue weighted by molar-refractivity contribution is 0.123. The number of ether oxygens (including phenoxy) is 1. The standard InChI is InChI=1S/C12H18ClN3O/c1-2-17-9-10-5-3-4-8-16(10)12-11(13)14-6-7-15-12/h6-7,10H,2-5,8-9H2,1H3/t10-/m1/s1. The first kappa shape index (κ1) is 12.6. The second-order valence-corrected chi connectivity index (χ2v) is 4.53. The molecule has 0 bridgehead atoms. The van der Waals surface area contributed by atoms with Gasteiger partial charge in [0.25, 0.3) is 0 Å². The fourth-order valence-electron chi connectivity index (χ4n) is 2.21. The predicted octanol–water partition coefficient (Wildman–Crippen LogP) is 2.53. The first-order valence-electron chi connectivity index (χ1n) is 6.13. The van der Waals surface area contributed by atoms with Crippen LogP contribution in [0.4, 0.5) is 5.82 Å². The largest absolute Gasteiger partial charge is 0.380 e. The molecule has 1 aromatic heterocycles. The molecule has 0 N–H and O–H groups in total. The van der Waals surface area contributed by atoms with Gasteiger partial charge in [0.15, 0.2) is 11.0 Å². The third kappa shape index (κ3) is 3.07. The molecule has 1 aliphatic rings. The topological polar surface area (TPSA) is 38.2 Å². The highest BCUT2D eigenvalue weighted by atomic mass is 35.5. The van der Waals surface area contributed by atoms with Crippen LogP contribution in [0.15, 0.2) is 12.4 Å². The van der Waals surface area contributed by atoms with Crippen molar-refractivity contribution in [3.8, 4) is 0 Å². The van der Waals surface area contributed by atoms with Crippen LogP contribution in [0.1, 0.15) is 26.2 Å². The van der Waals surface area contributed by atoms with Crippen LogP contribution in [0.2, 0.25) is 5.15 Å². The molecule has 1 fully saturated rings. The van der Waals surface area contributed by atoms with Gasteiger partial charge in [-0.2, -0.15) is 0 Å². The maximum Gasteiger partial charge on any atom is 0.171 e. The maximum absolute atomic E-state index is 6.10. The van der Waals surface area contributed by atoms with Gasteiger partial charge in [-0.1, -0.05) is 11.6 Å². The van der Waals surface area contributed by atoms with Crippen LogP contribution in [0.25, 0.3) is 0 Å². The molecule has 17 heavy (non-hydrogen) atoms. The van der Waals surface area contributed by atoms with E-state index in [2.05, 4.69) is 14.9 Å². The first-order chi connectivity index (χ1) is 8.33. The van der Waals surface area contributed by atoms with Gasteiger partial charge in [0, 0.05) is 25.5 Å². The number of halogens is 1. The molecular formula is C12H18ClN3O. The zero-order chi connectivity index (χ0) is 12.1. The minimum absolute atomic E-state index is 0.373. The van der Waals surface area contributed by atoms with Gasteiger partial charge >= 0.3 is 0 Å². The number of hydrogen-bond acceptors (Lipinski definition) is 4. The van der Waals surface area contributed by atoms with Gasteiger partial charge in [-0.3, -0.25) is 0 Å². The van der Waals surface area contributed by atoms with Crippen molar-refractivity contribution in [2.75, 3.05) is 24.7 Å². The molecule has 2 rings (SSSR count). The normalized spacial score (nSPS) is 20.6. The summed E-state index contributed by atoms with van der Waals surface area (Å²) in [6.07, 6.45) is 6.86. The van der Waals surface area contributed by atoms with E-state index in [1.54, 1.807) is 12.4 Å². The summed E-state index contributed by atoms with van der Waals surface area (Å²) in [4.78, 5) is 10.7. The van der Waals surface area contributed by atoms with E-state index in [0.29, 0.717) is 11.2 Å². The van der Waals surface area contributed by atoms with Crippen molar-refractivity contribution >= 4 is 17.4 Å². The van der Waals surface area contributed by atoms with Crippen molar-refractivity contribution < 1.29 is 4.74 Å². The minimum Gasteiger partial charge on any atom is -0.380 e. The summed E-state index contributed by atoms with van der Waals surface area (Å²) in [5, 5.41) is 0.482. The summed E-state index contributed by atoms with van der Waals surface area (Å²) < 4.78 is 5.53. The molecule has 1 saturated heterocycles. The molecule has 0 aromatic carbocycles. The van der Waals surface area contributed by atoms with Crippen molar-refractivity contribution in [2.24, 2.45) is 0 Å². The van der Waals surface area contributed by atoms with E-state index in [1.807, 2.05) is 6.92 Å². The zero-order valence-corrected chi connectivity index (χ0v) is 10.9. The van der Waals surface area contributed by atoms with E-state index in [9.17, 15) is 0 Å². The molecule has 0 aliphatic carbocycles. The van der Waals surface area contributed by atoms with Crippen LogP contribution < -0.4 is 4.90 Å². The SMILES string of the molecule is CCOC[C@H]1CCCCN1c1nccnc1Cl. The van der Waals surface area contributed by atoms with Gasteiger partial charge in [0.05, 0.1) is 12.6 Å².